The molecular weight excluding hydrogens is 250 g/mol. The first-order valence-corrected chi connectivity index (χ1v) is 6.74. The van der Waals surface area contributed by atoms with Gasteiger partial charge in [0.05, 0.1) is 12.0 Å². The molecule has 1 aliphatic rings. The summed E-state index contributed by atoms with van der Waals surface area (Å²) in [5.74, 6) is 1.34. The Balaban J connectivity index is 2.00. The van der Waals surface area contributed by atoms with Crippen LogP contribution in [-0.2, 0) is 16.0 Å². The first kappa shape index (κ1) is 11.4. The molecular formula is C12H13N3O2S. The van der Waals surface area contributed by atoms with Gasteiger partial charge in [-0.25, -0.2) is 14.5 Å². The fourth-order valence-electron chi connectivity index (χ4n) is 2.22. The molecule has 0 aliphatic carbocycles. The lowest BCUT2D eigenvalue weighted by Gasteiger charge is -2.20. The van der Waals surface area contributed by atoms with Crippen LogP contribution in [0.4, 0.5) is 0 Å². The molecule has 3 heterocycles. The lowest BCUT2D eigenvalue weighted by Crippen LogP contribution is -2.27. The fourth-order valence-corrected chi connectivity index (χ4v) is 2.87. The van der Waals surface area contributed by atoms with Crippen LogP contribution in [0.3, 0.4) is 0 Å². The smallest absolute Gasteiger partial charge is 0.330 e. The van der Waals surface area contributed by atoms with E-state index in [2.05, 4.69) is 10.1 Å². The molecule has 0 amide bonds. The van der Waals surface area contributed by atoms with Gasteiger partial charge in [0.1, 0.15) is 5.82 Å². The maximum Gasteiger partial charge on any atom is 0.330 e. The molecule has 6 heteroatoms. The number of nitrogens with zero attached hydrogens (tertiary/aromatic N) is 3. The zero-order valence-electron chi connectivity index (χ0n) is 10.00. The summed E-state index contributed by atoms with van der Waals surface area (Å²) in [6.07, 6.45) is 2.58. The van der Waals surface area contributed by atoms with Crippen molar-refractivity contribution in [1.82, 2.24) is 14.8 Å². The molecule has 0 bridgehead atoms. The van der Waals surface area contributed by atoms with Crippen LogP contribution in [0.1, 0.15) is 24.7 Å². The summed E-state index contributed by atoms with van der Waals surface area (Å²) in [5.41, 5.74) is 0. The summed E-state index contributed by atoms with van der Waals surface area (Å²) in [4.78, 5) is 17.3. The number of fused-ring (bicyclic) bond motifs is 1. The van der Waals surface area contributed by atoms with Gasteiger partial charge in [-0.1, -0.05) is 6.07 Å². The van der Waals surface area contributed by atoms with E-state index in [0.717, 1.165) is 30.0 Å². The van der Waals surface area contributed by atoms with Gasteiger partial charge in [0.2, 0.25) is 0 Å². The number of ether oxygens (including phenoxy) is 1. The molecule has 2 aromatic rings. The molecule has 0 saturated carbocycles. The highest BCUT2D eigenvalue weighted by Crippen LogP contribution is 2.28. The monoisotopic (exact) mass is 263 g/mol. The number of rotatable bonds is 2. The Morgan fingerprint density at radius 2 is 2.50 bits per heavy atom. The zero-order valence-corrected chi connectivity index (χ0v) is 10.8. The highest BCUT2D eigenvalue weighted by molar-refractivity contribution is 7.13. The minimum Gasteiger partial charge on any atom is -0.467 e. The Hall–Kier alpha value is -1.69. The van der Waals surface area contributed by atoms with E-state index in [-0.39, 0.29) is 12.0 Å². The summed E-state index contributed by atoms with van der Waals surface area (Å²) in [5, 5.41) is 6.45. The number of methoxy groups -OCH3 is 1. The van der Waals surface area contributed by atoms with Gasteiger partial charge in [0.15, 0.2) is 11.9 Å². The second-order valence-electron chi connectivity index (χ2n) is 4.20. The van der Waals surface area contributed by atoms with Crippen molar-refractivity contribution in [3.05, 3.63) is 23.3 Å². The molecule has 1 atom stereocenters. The van der Waals surface area contributed by atoms with E-state index < -0.39 is 0 Å². The van der Waals surface area contributed by atoms with Crippen molar-refractivity contribution >= 4 is 17.3 Å². The first-order valence-electron chi connectivity index (χ1n) is 5.86. The molecule has 5 nitrogen and oxygen atoms in total. The second kappa shape index (κ2) is 4.53. The van der Waals surface area contributed by atoms with E-state index in [0.29, 0.717) is 5.82 Å². The van der Waals surface area contributed by atoms with Crippen LogP contribution in [0.5, 0.6) is 0 Å². The van der Waals surface area contributed by atoms with Crippen molar-refractivity contribution in [2.24, 2.45) is 0 Å². The molecule has 0 aromatic carbocycles. The van der Waals surface area contributed by atoms with Crippen molar-refractivity contribution in [2.45, 2.75) is 25.3 Å². The maximum absolute atomic E-state index is 11.7. The quantitative estimate of drug-likeness (QED) is 0.778. The summed E-state index contributed by atoms with van der Waals surface area (Å²) in [6, 6.07) is 3.64. The standard InChI is InChI=1S/C12H13N3O2S/c1-17-12(16)8-4-2-6-10-13-11(14-15(8)10)9-5-3-7-18-9/h3,5,7-8H,2,4,6H2,1H3. The number of esters is 1. The van der Waals surface area contributed by atoms with E-state index in [9.17, 15) is 4.79 Å². The Morgan fingerprint density at radius 1 is 1.61 bits per heavy atom. The third kappa shape index (κ3) is 1.82. The average Bonchev–Trinajstić information content (AvgIpc) is 3.04. The van der Waals surface area contributed by atoms with Crippen molar-refractivity contribution in [3.8, 4) is 10.7 Å². The third-order valence-electron chi connectivity index (χ3n) is 3.09. The summed E-state index contributed by atoms with van der Waals surface area (Å²) in [6.45, 7) is 0. The van der Waals surface area contributed by atoms with E-state index in [4.69, 9.17) is 4.74 Å². The van der Waals surface area contributed by atoms with Gasteiger partial charge in [-0.15, -0.1) is 16.4 Å². The Bertz CT molecular complexity index is 562. The summed E-state index contributed by atoms with van der Waals surface area (Å²) >= 11 is 1.60. The predicted molar refractivity (Wildman–Crippen MR) is 67.3 cm³/mol. The van der Waals surface area contributed by atoms with Gasteiger partial charge in [-0.3, -0.25) is 0 Å². The minimum atomic E-state index is -0.319. The molecule has 0 radical (unpaired) electrons. The second-order valence-corrected chi connectivity index (χ2v) is 5.15. The number of aryl methyl sites for hydroxylation is 1. The van der Waals surface area contributed by atoms with Gasteiger partial charge < -0.3 is 4.74 Å². The lowest BCUT2D eigenvalue weighted by molar-refractivity contribution is -0.145. The van der Waals surface area contributed by atoms with Gasteiger partial charge in [-0.05, 0) is 24.3 Å². The molecule has 1 aliphatic heterocycles. The molecule has 2 aromatic heterocycles. The molecule has 0 fully saturated rings. The number of carbonyl (C=O) groups excluding carboxylic acids is 1. The molecule has 0 saturated heterocycles. The molecule has 1 unspecified atom stereocenters. The minimum absolute atomic E-state index is 0.237. The van der Waals surface area contributed by atoms with Crippen LogP contribution in [0.15, 0.2) is 17.5 Å². The summed E-state index contributed by atoms with van der Waals surface area (Å²) in [7, 11) is 1.41. The van der Waals surface area contributed by atoms with Crippen molar-refractivity contribution in [3.63, 3.8) is 0 Å². The average molecular weight is 263 g/mol. The van der Waals surface area contributed by atoms with Crippen LogP contribution in [0.2, 0.25) is 0 Å². The Labute approximate surface area is 108 Å². The number of thiophene rings is 1. The van der Waals surface area contributed by atoms with Crippen molar-refractivity contribution in [2.75, 3.05) is 7.11 Å². The Kier molecular flexibility index (Phi) is 2.87. The third-order valence-corrected chi connectivity index (χ3v) is 3.96. The molecule has 3 rings (SSSR count). The molecule has 18 heavy (non-hydrogen) atoms. The SMILES string of the molecule is COC(=O)C1CCCc2nc(-c3cccs3)nn21. The van der Waals surface area contributed by atoms with Crippen LogP contribution in [0, 0.1) is 0 Å². The Morgan fingerprint density at radius 3 is 3.22 bits per heavy atom. The normalized spacial score (nSPS) is 18.4. The summed E-state index contributed by atoms with van der Waals surface area (Å²) < 4.78 is 6.55. The number of hydrogen-bond donors (Lipinski definition) is 0. The van der Waals surface area contributed by atoms with Crippen LogP contribution in [0.25, 0.3) is 10.7 Å². The lowest BCUT2D eigenvalue weighted by atomic mass is 10.1. The van der Waals surface area contributed by atoms with Crippen LogP contribution >= 0.6 is 11.3 Å². The molecule has 0 spiro atoms. The van der Waals surface area contributed by atoms with Crippen molar-refractivity contribution < 1.29 is 9.53 Å². The van der Waals surface area contributed by atoms with E-state index in [1.807, 2.05) is 17.5 Å². The largest absolute Gasteiger partial charge is 0.467 e. The zero-order chi connectivity index (χ0) is 12.5. The van der Waals surface area contributed by atoms with E-state index >= 15 is 0 Å². The topological polar surface area (TPSA) is 57.0 Å². The number of carbonyl (C=O) groups is 1. The van der Waals surface area contributed by atoms with Crippen LogP contribution in [-0.4, -0.2) is 27.8 Å². The number of aromatic nitrogens is 3. The molecule has 0 N–H and O–H groups in total. The van der Waals surface area contributed by atoms with Gasteiger partial charge in [-0.2, -0.15) is 0 Å². The van der Waals surface area contributed by atoms with Crippen LogP contribution < -0.4 is 0 Å². The highest BCUT2D eigenvalue weighted by atomic mass is 32.1. The number of hydrogen-bond acceptors (Lipinski definition) is 5. The van der Waals surface area contributed by atoms with Gasteiger partial charge in [0, 0.05) is 6.42 Å². The first-order chi connectivity index (χ1) is 8.79. The fraction of sp³-hybridized carbons (Fsp3) is 0.417. The van der Waals surface area contributed by atoms with E-state index in [1.165, 1.54) is 7.11 Å². The maximum atomic E-state index is 11.7. The van der Waals surface area contributed by atoms with Gasteiger partial charge >= 0.3 is 5.97 Å². The van der Waals surface area contributed by atoms with Crippen molar-refractivity contribution in [1.29, 1.82) is 0 Å². The predicted octanol–water partition coefficient (Wildman–Crippen LogP) is 2.06. The highest BCUT2D eigenvalue weighted by Gasteiger charge is 2.29. The van der Waals surface area contributed by atoms with Gasteiger partial charge in [0.25, 0.3) is 0 Å². The molecule has 94 valence electrons. The van der Waals surface area contributed by atoms with E-state index in [1.54, 1.807) is 16.0 Å².